The van der Waals surface area contributed by atoms with E-state index in [0.29, 0.717) is 26.2 Å². The van der Waals surface area contributed by atoms with Crippen molar-refractivity contribution in [3.63, 3.8) is 0 Å². The molecule has 0 aromatic heterocycles. The van der Waals surface area contributed by atoms with Gasteiger partial charge in [0.15, 0.2) is 11.5 Å². The largest absolute Gasteiger partial charge is 0.486 e. The smallest absolute Gasteiger partial charge is 0.161 e. The third-order valence-electron chi connectivity index (χ3n) is 2.90. The molecule has 1 heterocycles. The Labute approximate surface area is 106 Å². The number of nitrogens with one attached hydrogen (secondary N) is 1. The molecule has 0 aliphatic carbocycles. The zero-order chi connectivity index (χ0) is 12.8. The van der Waals surface area contributed by atoms with Crippen molar-refractivity contribution in [2.75, 3.05) is 26.4 Å². The molecule has 1 aliphatic heterocycles. The fraction of sp³-hybridized carbons (Fsp3) is 0.538. The summed E-state index contributed by atoms with van der Waals surface area (Å²) >= 11 is 0. The Morgan fingerprint density at radius 2 is 1.94 bits per heavy atom. The molecule has 5 heteroatoms. The van der Waals surface area contributed by atoms with Gasteiger partial charge in [-0.25, -0.2) is 0 Å². The number of hydrogen-bond donors (Lipinski definition) is 3. The first-order valence-corrected chi connectivity index (χ1v) is 6.17. The lowest BCUT2D eigenvalue weighted by atomic mass is 10.1. The summed E-state index contributed by atoms with van der Waals surface area (Å²) in [6, 6.07) is 5.72. The minimum Gasteiger partial charge on any atom is -0.486 e. The number of hydrogen-bond acceptors (Lipinski definition) is 5. The van der Waals surface area contributed by atoms with Gasteiger partial charge in [-0.05, 0) is 24.1 Å². The van der Waals surface area contributed by atoms with E-state index < -0.39 is 0 Å². The van der Waals surface area contributed by atoms with Gasteiger partial charge in [-0.1, -0.05) is 6.07 Å². The molecule has 0 spiro atoms. The van der Waals surface area contributed by atoms with Crippen molar-refractivity contribution >= 4 is 0 Å². The summed E-state index contributed by atoms with van der Waals surface area (Å²) in [5.41, 5.74) is 1.07. The molecule has 3 N–H and O–H groups in total. The number of benzene rings is 1. The lowest BCUT2D eigenvalue weighted by molar-refractivity contribution is 0.171. The maximum atomic E-state index is 9.11. The average molecular weight is 253 g/mol. The highest BCUT2D eigenvalue weighted by Gasteiger charge is 2.12. The number of ether oxygens (including phenoxy) is 2. The summed E-state index contributed by atoms with van der Waals surface area (Å²) in [7, 11) is 0. The van der Waals surface area contributed by atoms with Gasteiger partial charge in [-0.2, -0.15) is 0 Å². The van der Waals surface area contributed by atoms with Crippen molar-refractivity contribution in [3.8, 4) is 11.5 Å². The van der Waals surface area contributed by atoms with Crippen LogP contribution in [-0.4, -0.2) is 42.7 Å². The Hall–Kier alpha value is -1.30. The monoisotopic (exact) mass is 253 g/mol. The van der Waals surface area contributed by atoms with Gasteiger partial charge in [0.25, 0.3) is 0 Å². The van der Waals surface area contributed by atoms with Crippen molar-refractivity contribution in [1.82, 2.24) is 5.32 Å². The molecule has 1 atom stereocenters. The van der Waals surface area contributed by atoms with Crippen LogP contribution in [0.25, 0.3) is 0 Å². The second-order valence-corrected chi connectivity index (χ2v) is 4.25. The second kappa shape index (κ2) is 6.58. The van der Waals surface area contributed by atoms with Crippen molar-refractivity contribution in [2.45, 2.75) is 19.0 Å². The number of aliphatic hydroxyl groups is 2. The van der Waals surface area contributed by atoms with Gasteiger partial charge in [-0.3, -0.25) is 0 Å². The molecule has 18 heavy (non-hydrogen) atoms. The Balaban J connectivity index is 1.93. The first kappa shape index (κ1) is 13.1. The summed E-state index contributed by atoms with van der Waals surface area (Å²) in [5.74, 6) is 1.54. The van der Waals surface area contributed by atoms with Crippen LogP contribution in [0, 0.1) is 0 Å². The fourth-order valence-electron chi connectivity index (χ4n) is 1.87. The van der Waals surface area contributed by atoms with Gasteiger partial charge in [0.2, 0.25) is 0 Å². The number of rotatable bonds is 6. The molecule has 100 valence electrons. The highest BCUT2D eigenvalue weighted by Crippen LogP contribution is 2.30. The molecule has 5 nitrogen and oxygen atoms in total. The summed E-state index contributed by atoms with van der Waals surface area (Å²) in [5, 5.41) is 21.1. The lowest BCUT2D eigenvalue weighted by Crippen LogP contribution is -2.32. The Morgan fingerprint density at radius 1 is 1.17 bits per heavy atom. The van der Waals surface area contributed by atoms with Crippen LogP contribution < -0.4 is 14.8 Å². The van der Waals surface area contributed by atoms with Gasteiger partial charge < -0.3 is 25.0 Å². The van der Waals surface area contributed by atoms with Crippen molar-refractivity contribution < 1.29 is 19.7 Å². The van der Waals surface area contributed by atoms with Gasteiger partial charge in [0.1, 0.15) is 13.2 Å². The van der Waals surface area contributed by atoms with Gasteiger partial charge in [0, 0.05) is 19.2 Å². The SMILES string of the molecule is OCCC(CO)NCc1ccc2c(c1)OCCO2. The molecule has 0 bridgehead atoms. The minimum absolute atomic E-state index is 0.0190. The normalized spacial score (nSPS) is 15.4. The summed E-state index contributed by atoms with van der Waals surface area (Å²) in [4.78, 5) is 0. The summed E-state index contributed by atoms with van der Waals surface area (Å²) in [6.07, 6.45) is 0.543. The lowest BCUT2D eigenvalue weighted by Gasteiger charge is -2.20. The van der Waals surface area contributed by atoms with E-state index in [9.17, 15) is 0 Å². The quantitative estimate of drug-likeness (QED) is 0.680. The minimum atomic E-state index is -0.0804. The molecule has 1 aromatic carbocycles. The van der Waals surface area contributed by atoms with E-state index in [4.69, 9.17) is 19.7 Å². The molecule has 2 rings (SSSR count). The van der Waals surface area contributed by atoms with Gasteiger partial charge >= 0.3 is 0 Å². The Kier molecular flexibility index (Phi) is 4.81. The van der Waals surface area contributed by atoms with E-state index in [-0.39, 0.29) is 19.3 Å². The maximum absolute atomic E-state index is 9.11. The van der Waals surface area contributed by atoms with E-state index in [2.05, 4.69) is 5.32 Å². The van der Waals surface area contributed by atoms with Crippen LogP contribution in [0.2, 0.25) is 0 Å². The van der Waals surface area contributed by atoms with Crippen molar-refractivity contribution in [1.29, 1.82) is 0 Å². The van der Waals surface area contributed by atoms with Crippen LogP contribution in [0.3, 0.4) is 0 Å². The summed E-state index contributed by atoms with van der Waals surface area (Å²) < 4.78 is 10.9. The zero-order valence-electron chi connectivity index (χ0n) is 10.3. The van der Waals surface area contributed by atoms with E-state index in [1.807, 2.05) is 18.2 Å². The van der Waals surface area contributed by atoms with E-state index in [1.165, 1.54) is 0 Å². The third kappa shape index (κ3) is 3.35. The van der Waals surface area contributed by atoms with Crippen molar-refractivity contribution in [2.24, 2.45) is 0 Å². The van der Waals surface area contributed by atoms with Crippen LogP contribution in [0.5, 0.6) is 11.5 Å². The van der Waals surface area contributed by atoms with Crippen LogP contribution in [0.4, 0.5) is 0 Å². The van der Waals surface area contributed by atoms with Crippen LogP contribution >= 0.6 is 0 Å². The predicted molar refractivity (Wildman–Crippen MR) is 66.8 cm³/mol. The van der Waals surface area contributed by atoms with Gasteiger partial charge in [0.05, 0.1) is 6.61 Å². The molecule has 1 aliphatic rings. The topological polar surface area (TPSA) is 71.0 Å². The molecule has 0 radical (unpaired) electrons. The highest BCUT2D eigenvalue weighted by atomic mass is 16.6. The van der Waals surface area contributed by atoms with Crippen LogP contribution in [-0.2, 0) is 6.54 Å². The molecule has 0 saturated heterocycles. The van der Waals surface area contributed by atoms with E-state index in [1.54, 1.807) is 0 Å². The maximum Gasteiger partial charge on any atom is 0.161 e. The highest BCUT2D eigenvalue weighted by molar-refractivity contribution is 5.43. The molecule has 1 unspecified atom stereocenters. The van der Waals surface area contributed by atoms with E-state index >= 15 is 0 Å². The third-order valence-corrected chi connectivity index (χ3v) is 2.90. The fourth-order valence-corrected chi connectivity index (χ4v) is 1.87. The van der Waals surface area contributed by atoms with Crippen LogP contribution in [0.1, 0.15) is 12.0 Å². The first-order valence-electron chi connectivity index (χ1n) is 6.17. The predicted octanol–water partition coefficient (Wildman–Crippen LogP) is 0.291. The standard InChI is InChI=1S/C13H19NO4/c15-4-3-11(9-16)14-8-10-1-2-12-13(7-10)18-6-5-17-12/h1-2,7,11,14-16H,3-6,8-9H2. The number of aliphatic hydroxyl groups excluding tert-OH is 2. The molecule has 0 fully saturated rings. The molecular weight excluding hydrogens is 234 g/mol. The van der Waals surface area contributed by atoms with E-state index in [0.717, 1.165) is 17.1 Å². The molecular formula is C13H19NO4. The first-order chi connectivity index (χ1) is 8.83. The Morgan fingerprint density at radius 3 is 2.67 bits per heavy atom. The Bertz CT molecular complexity index is 383. The van der Waals surface area contributed by atoms with Crippen molar-refractivity contribution in [3.05, 3.63) is 23.8 Å². The average Bonchev–Trinajstić information content (AvgIpc) is 2.43. The second-order valence-electron chi connectivity index (χ2n) is 4.25. The zero-order valence-corrected chi connectivity index (χ0v) is 10.3. The molecule has 0 saturated carbocycles. The number of fused-ring (bicyclic) bond motifs is 1. The summed E-state index contributed by atoms with van der Waals surface area (Å²) in [6.45, 7) is 1.88. The van der Waals surface area contributed by atoms with Crippen LogP contribution in [0.15, 0.2) is 18.2 Å². The molecule has 0 amide bonds. The molecule has 1 aromatic rings. The van der Waals surface area contributed by atoms with Gasteiger partial charge in [-0.15, -0.1) is 0 Å².